The molecule has 1 aromatic carbocycles. The maximum atomic E-state index is 5.34. The number of aromatic nitrogens is 5. The first-order valence-electron chi connectivity index (χ1n) is 8.44. The normalized spacial score (nSPS) is 15.5. The molecule has 0 saturated carbocycles. The number of aryl methyl sites for hydroxylation is 2. The summed E-state index contributed by atoms with van der Waals surface area (Å²) in [6.07, 6.45) is 2.74. The topological polar surface area (TPSA) is 82.1 Å². The highest BCUT2D eigenvalue weighted by Gasteiger charge is 2.17. The van der Waals surface area contributed by atoms with E-state index in [0.717, 1.165) is 39.3 Å². The summed E-state index contributed by atoms with van der Waals surface area (Å²) < 4.78 is 12.5. The van der Waals surface area contributed by atoms with Crippen LogP contribution in [0.15, 0.2) is 41.1 Å². The first kappa shape index (κ1) is 15.9. The van der Waals surface area contributed by atoms with Crippen LogP contribution in [0.1, 0.15) is 11.4 Å². The molecule has 0 aliphatic carbocycles. The molecule has 2 aromatic heterocycles. The number of hydrogen-bond donors (Lipinski definition) is 0. The highest BCUT2D eigenvalue weighted by atomic mass is 16.5. The van der Waals surface area contributed by atoms with Gasteiger partial charge in [-0.3, -0.25) is 9.58 Å². The lowest BCUT2D eigenvalue weighted by molar-refractivity contribution is 0.0327. The minimum Gasteiger partial charge on any atom is -0.379 e. The second kappa shape index (κ2) is 7.54. The molecule has 0 bridgehead atoms. The van der Waals surface area contributed by atoms with Gasteiger partial charge in [0, 0.05) is 19.6 Å². The van der Waals surface area contributed by atoms with E-state index < -0.39 is 0 Å². The monoisotopic (exact) mass is 340 g/mol. The maximum Gasteiger partial charge on any atom is 0.280 e. The molecule has 3 aromatic rings. The van der Waals surface area contributed by atoms with Gasteiger partial charge in [-0.25, -0.2) is 0 Å². The van der Waals surface area contributed by atoms with E-state index in [1.165, 1.54) is 5.56 Å². The molecule has 1 fully saturated rings. The number of nitrogens with zero attached hydrogens (tertiary/aromatic N) is 6. The fourth-order valence-electron chi connectivity index (χ4n) is 2.78. The molecule has 0 amide bonds. The first-order valence-corrected chi connectivity index (χ1v) is 8.44. The van der Waals surface area contributed by atoms with Gasteiger partial charge >= 0.3 is 0 Å². The van der Waals surface area contributed by atoms with E-state index in [1.807, 2.05) is 24.4 Å². The third-order valence-corrected chi connectivity index (χ3v) is 4.17. The first-order chi connectivity index (χ1) is 12.4. The third kappa shape index (κ3) is 4.09. The summed E-state index contributed by atoms with van der Waals surface area (Å²) in [6.45, 7) is 4.70. The standard InChI is InChI=1S/C17H20N6O2/c1-2-4-14(5-3-1)6-7-23-12-15(19-21-23)17-18-16(20-25-17)13-22-8-10-24-11-9-22/h1-5,12H,6-11,13H2. The van der Waals surface area contributed by atoms with E-state index in [9.17, 15) is 0 Å². The summed E-state index contributed by atoms with van der Waals surface area (Å²) in [5, 5.41) is 12.3. The smallest absolute Gasteiger partial charge is 0.280 e. The van der Waals surface area contributed by atoms with Gasteiger partial charge in [-0.05, 0) is 12.0 Å². The Morgan fingerprint density at radius 1 is 1.08 bits per heavy atom. The van der Waals surface area contributed by atoms with Crippen molar-refractivity contribution in [1.29, 1.82) is 0 Å². The van der Waals surface area contributed by atoms with Crippen LogP contribution in [0.2, 0.25) is 0 Å². The number of hydrogen-bond acceptors (Lipinski definition) is 7. The van der Waals surface area contributed by atoms with Crippen molar-refractivity contribution in [3.05, 3.63) is 47.9 Å². The summed E-state index contributed by atoms with van der Waals surface area (Å²) in [7, 11) is 0. The van der Waals surface area contributed by atoms with Crippen LogP contribution < -0.4 is 0 Å². The lowest BCUT2D eigenvalue weighted by atomic mass is 10.1. The van der Waals surface area contributed by atoms with Crippen LogP contribution in [0.5, 0.6) is 0 Å². The Morgan fingerprint density at radius 3 is 2.76 bits per heavy atom. The fourth-order valence-corrected chi connectivity index (χ4v) is 2.78. The molecule has 8 nitrogen and oxygen atoms in total. The largest absolute Gasteiger partial charge is 0.379 e. The van der Waals surface area contributed by atoms with Crippen molar-refractivity contribution in [3.63, 3.8) is 0 Å². The Labute approximate surface area is 145 Å². The molecule has 0 N–H and O–H groups in total. The molecule has 3 heterocycles. The average molecular weight is 340 g/mol. The Balaban J connectivity index is 1.36. The zero-order chi connectivity index (χ0) is 16.9. The molecular formula is C17H20N6O2. The lowest BCUT2D eigenvalue weighted by Crippen LogP contribution is -2.35. The van der Waals surface area contributed by atoms with Crippen molar-refractivity contribution in [2.75, 3.05) is 26.3 Å². The molecule has 8 heteroatoms. The van der Waals surface area contributed by atoms with E-state index in [2.05, 4.69) is 37.5 Å². The van der Waals surface area contributed by atoms with Gasteiger partial charge in [0.15, 0.2) is 11.5 Å². The molecule has 1 saturated heterocycles. The van der Waals surface area contributed by atoms with Crippen LogP contribution in [-0.2, 0) is 24.2 Å². The van der Waals surface area contributed by atoms with E-state index in [4.69, 9.17) is 9.26 Å². The quantitative estimate of drug-likeness (QED) is 0.671. The van der Waals surface area contributed by atoms with Crippen LogP contribution in [-0.4, -0.2) is 56.3 Å². The number of morpholine rings is 1. The average Bonchev–Trinajstić information content (AvgIpc) is 3.31. The maximum absolute atomic E-state index is 5.34. The number of benzene rings is 1. The van der Waals surface area contributed by atoms with Crippen LogP contribution >= 0.6 is 0 Å². The highest BCUT2D eigenvalue weighted by Crippen LogP contribution is 2.15. The molecule has 1 aliphatic heterocycles. The zero-order valence-corrected chi connectivity index (χ0v) is 13.9. The molecule has 0 unspecified atom stereocenters. The van der Waals surface area contributed by atoms with E-state index in [0.29, 0.717) is 24.0 Å². The molecule has 25 heavy (non-hydrogen) atoms. The van der Waals surface area contributed by atoms with Crippen molar-refractivity contribution in [1.82, 2.24) is 30.0 Å². The summed E-state index contributed by atoms with van der Waals surface area (Å²) in [6, 6.07) is 10.3. The SMILES string of the molecule is c1ccc(CCn2cc(-c3nc(CN4CCOCC4)no3)nn2)cc1. The fraction of sp³-hybridized carbons (Fsp3) is 0.412. The molecule has 4 rings (SSSR count). The lowest BCUT2D eigenvalue weighted by Gasteiger charge is -2.24. The molecule has 1 aliphatic rings. The number of rotatable bonds is 6. The summed E-state index contributed by atoms with van der Waals surface area (Å²) in [5.41, 5.74) is 1.87. The zero-order valence-electron chi connectivity index (χ0n) is 13.9. The van der Waals surface area contributed by atoms with Crippen molar-refractivity contribution < 1.29 is 9.26 Å². The van der Waals surface area contributed by atoms with Gasteiger partial charge in [0.05, 0.1) is 26.0 Å². The second-order valence-electron chi connectivity index (χ2n) is 6.01. The predicted octanol–water partition coefficient (Wildman–Crippen LogP) is 1.40. The van der Waals surface area contributed by atoms with Gasteiger partial charge in [-0.1, -0.05) is 40.7 Å². The Bertz CT molecular complexity index is 794. The summed E-state index contributed by atoms with van der Waals surface area (Å²) in [5.74, 6) is 1.07. The van der Waals surface area contributed by atoms with Crippen molar-refractivity contribution in [2.45, 2.75) is 19.5 Å². The van der Waals surface area contributed by atoms with Gasteiger partial charge in [0.1, 0.15) is 0 Å². The van der Waals surface area contributed by atoms with Crippen molar-refractivity contribution >= 4 is 0 Å². The van der Waals surface area contributed by atoms with Gasteiger partial charge in [-0.2, -0.15) is 4.98 Å². The predicted molar refractivity (Wildman–Crippen MR) is 89.6 cm³/mol. The van der Waals surface area contributed by atoms with E-state index in [-0.39, 0.29) is 0 Å². The van der Waals surface area contributed by atoms with Gasteiger partial charge < -0.3 is 9.26 Å². The van der Waals surface area contributed by atoms with E-state index >= 15 is 0 Å². The summed E-state index contributed by atoms with van der Waals surface area (Å²) in [4.78, 5) is 6.68. The van der Waals surface area contributed by atoms with Crippen LogP contribution in [0.3, 0.4) is 0 Å². The highest BCUT2D eigenvalue weighted by molar-refractivity contribution is 5.43. The molecule has 0 spiro atoms. The van der Waals surface area contributed by atoms with Crippen LogP contribution in [0.4, 0.5) is 0 Å². The van der Waals surface area contributed by atoms with Crippen molar-refractivity contribution in [2.24, 2.45) is 0 Å². The van der Waals surface area contributed by atoms with Crippen LogP contribution in [0.25, 0.3) is 11.6 Å². The Hall–Kier alpha value is -2.58. The minimum absolute atomic E-state index is 0.411. The van der Waals surface area contributed by atoms with Gasteiger partial charge in [-0.15, -0.1) is 5.10 Å². The van der Waals surface area contributed by atoms with Crippen LogP contribution in [0, 0.1) is 0 Å². The Morgan fingerprint density at radius 2 is 1.92 bits per heavy atom. The molecule has 0 atom stereocenters. The minimum atomic E-state index is 0.411. The number of ether oxygens (including phenoxy) is 1. The second-order valence-corrected chi connectivity index (χ2v) is 6.01. The van der Waals surface area contributed by atoms with E-state index in [1.54, 1.807) is 4.68 Å². The third-order valence-electron chi connectivity index (χ3n) is 4.17. The molecular weight excluding hydrogens is 320 g/mol. The molecule has 0 radical (unpaired) electrons. The Kier molecular flexibility index (Phi) is 4.80. The van der Waals surface area contributed by atoms with Gasteiger partial charge in [0.25, 0.3) is 5.89 Å². The van der Waals surface area contributed by atoms with Gasteiger partial charge in [0.2, 0.25) is 0 Å². The molecule has 130 valence electrons. The van der Waals surface area contributed by atoms with Crippen molar-refractivity contribution in [3.8, 4) is 11.6 Å². The summed E-state index contributed by atoms with van der Waals surface area (Å²) >= 11 is 0.